The molecule has 1 fully saturated rings. The van der Waals surface area contributed by atoms with Crippen molar-refractivity contribution in [2.24, 2.45) is 0 Å². The van der Waals surface area contributed by atoms with Gasteiger partial charge in [0.1, 0.15) is 5.82 Å². The number of imidazole rings is 1. The van der Waals surface area contributed by atoms with Crippen molar-refractivity contribution in [3.05, 3.63) is 29.6 Å². The van der Waals surface area contributed by atoms with Gasteiger partial charge in [0.25, 0.3) is 0 Å². The highest BCUT2D eigenvalue weighted by molar-refractivity contribution is 5.82. The molecule has 0 radical (unpaired) electrons. The molecule has 1 N–H and O–H groups in total. The van der Waals surface area contributed by atoms with Crippen LogP contribution >= 0.6 is 0 Å². The molecule has 1 aromatic carbocycles. The van der Waals surface area contributed by atoms with Gasteiger partial charge in [0, 0.05) is 19.2 Å². The smallest absolute Gasteiger partial charge is 0.224 e. The van der Waals surface area contributed by atoms with Gasteiger partial charge in [-0.15, -0.1) is 0 Å². The molecule has 3 rings (SSSR count). The highest BCUT2D eigenvalue weighted by Crippen LogP contribution is 2.22. The summed E-state index contributed by atoms with van der Waals surface area (Å²) in [6, 6.07) is 6.49. The van der Waals surface area contributed by atoms with E-state index in [2.05, 4.69) is 34.8 Å². The Labute approximate surface area is 137 Å². The number of aryl methyl sites for hydroxylation is 1. The number of aromatic nitrogens is 2. The van der Waals surface area contributed by atoms with Gasteiger partial charge in [-0.25, -0.2) is 4.98 Å². The van der Waals surface area contributed by atoms with Crippen LogP contribution in [-0.4, -0.2) is 34.7 Å². The summed E-state index contributed by atoms with van der Waals surface area (Å²) in [5.74, 6) is 1.05. The Morgan fingerprint density at radius 3 is 3.00 bits per heavy atom. The number of carbonyl (C=O) groups excluding carboxylic acids is 1. The molecule has 2 aromatic rings. The van der Waals surface area contributed by atoms with Crippen LogP contribution < -0.4 is 5.32 Å². The first-order valence-corrected chi connectivity index (χ1v) is 8.40. The average Bonchev–Trinajstić information content (AvgIpc) is 3.10. The van der Waals surface area contributed by atoms with E-state index in [9.17, 15) is 4.79 Å². The zero-order chi connectivity index (χ0) is 16.4. The number of hydrogen-bond donors (Lipinski definition) is 1. The number of hydrogen-bond acceptors (Lipinski definition) is 3. The zero-order valence-corrected chi connectivity index (χ0v) is 14.1. The third-order valence-corrected chi connectivity index (χ3v) is 4.36. The van der Waals surface area contributed by atoms with Crippen LogP contribution in [-0.2, 0) is 16.0 Å². The van der Waals surface area contributed by atoms with Crippen LogP contribution in [0.5, 0.6) is 0 Å². The van der Waals surface area contributed by atoms with E-state index in [0.29, 0.717) is 19.0 Å². The van der Waals surface area contributed by atoms with Crippen molar-refractivity contribution in [2.45, 2.75) is 52.2 Å². The largest absolute Gasteiger partial charge is 0.376 e. The van der Waals surface area contributed by atoms with Gasteiger partial charge in [0.15, 0.2) is 0 Å². The lowest BCUT2D eigenvalue weighted by atomic mass is 10.1. The summed E-state index contributed by atoms with van der Waals surface area (Å²) in [7, 11) is 0. The van der Waals surface area contributed by atoms with Gasteiger partial charge >= 0.3 is 0 Å². The highest BCUT2D eigenvalue weighted by atomic mass is 16.5. The Kier molecular flexibility index (Phi) is 4.66. The van der Waals surface area contributed by atoms with Gasteiger partial charge < -0.3 is 14.6 Å². The van der Waals surface area contributed by atoms with Gasteiger partial charge in [-0.3, -0.25) is 4.79 Å². The Bertz CT molecular complexity index is 700. The summed E-state index contributed by atoms with van der Waals surface area (Å²) in [5.41, 5.74) is 3.08. The predicted molar refractivity (Wildman–Crippen MR) is 90.5 cm³/mol. The van der Waals surface area contributed by atoms with Crippen LogP contribution in [0.4, 0.5) is 0 Å². The maximum absolute atomic E-state index is 12.1. The molecule has 1 aromatic heterocycles. The molecule has 0 spiro atoms. The van der Waals surface area contributed by atoms with E-state index in [1.165, 1.54) is 0 Å². The van der Waals surface area contributed by atoms with E-state index in [-0.39, 0.29) is 12.0 Å². The molecule has 1 amide bonds. The minimum Gasteiger partial charge on any atom is -0.376 e. The van der Waals surface area contributed by atoms with Gasteiger partial charge in [0.05, 0.1) is 23.6 Å². The summed E-state index contributed by atoms with van der Waals surface area (Å²) < 4.78 is 7.74. The Morgan fingerprint density at radius 1 is 1.48 bits per heavy atom. The van der Waals surface area contributed by atoms with E-state index < -0.39 is 0 Å². The summed E-state index contributed by atoms with van der Waals surface area (Å²) in [5, 5.41) is 2.97. The van der Waals surface area contributed by atoms with Crippen molar-refractivity contribution in [1.29, 1.82) is 0 Å². The van der Waals surface area contributed by atoms with E-state index in [1.807, 2.05) is 19.1 Å². The molecule has 1 aliphatic heterocycles. The fourth-order valence-electron chi connectivity index (χ4n) is 3.31. The molecule has 1 saturated heterocycles. The van der Waals surface area contributed by atoms with E-state index >= 15 is 0 Å². The molecule has 23 heavy (non-hydrogen) atoms. The van der Waals surface area contributed by atoms with Crippen molar-refractivity contribution < 1.29 is 9.53 Å². The lowest BCUT2D eigenvalue weighted by Crippen LogP contribution is -2.32. The Balaban J connectivity index is 1.67. The molecule has 0 saturated carbocycles. The maximum atomic E-state index is 12.1. The van der Waals surface area contributed by atoms with Crippen LogP contribution in [0.1, 0.15) is 44.1 Å². The Hall–Kier alpha value is -1.88. The first-order chi connectivity index (χ1) is 11.0. The van der Waals surface area contributed by atoms with Gasteiger partial charge in [-0.1, -0.05) is 6.07 Å². The van der Waals surface area contributed by atoms with Crippen LogP contribution in [0, 0.1) is 6.92 Å². The summed E-state index contributed by atoms with van der Waals surface area (Å²) in [4.78, 5) is 16.7. The van der Waals surface area contributed by atoms with Crippen LogP contribution in [0.15, 0.2) is 18.2 Å². The predicted octanol–water partition coefficient (Wildman–Crippen LogP) is 2.76. The molecule has 1 aliphatic rings. The fourth-order valence-corrected chi connectivity index (χ4v) is 3.31. The van der Waals surface area contributed by atoms with Gasteiger partial charge in [-0.2, -0.15) is 0 Å². The lowest BCUT2D eigenvalue weighted by Gasteiger charge is -2.11. The van der Waals surface area contributed by atoms with E-state index in [4.69, 9.17) is 4.74 Å². The van der Waals surface area contributed by atoms with Crippen molar-refractivity contribution in [1.82, 2.24) is 14.9 Å². The van der Waals surface area contributed by atoms with Gasteiger partial charge in [-0.05, 0) is 51.3 Å². The molecule has 1 atom stereocenters. The summed E-state index contributed by atoms with van der Waals surface area (Å²) in [6.45, 7) is 7.76. The molecule has 2 heterocycles. The van der Waals surface area contributed by atoms with Crippen LogP contribution in [0.2, 0.25) is 0 Å². The number of fused-ring (bicyclic) bond motifs is 1. The fraction of sp³-hybridized carbons (Fsp3) is 0.556. The third kappa shape index (κ3) is 3.55. The number of ether oxygens (including phenoxy) is 1. The zero-order valence-electron chi connectivity index (χ0n) is 14.1. The minimum atomic E-state index is 0.0415. The van der Waals surface area contributed by atoms with E-state index in [1.54, 1.807) is 0 Å². The van der Waals surface area contributed by atoms with Crippen LogP contribution in [0.25, 0.3) is 11.0 Å². The Morgan fingerprint density at radius 2 is 2.30 bits per heavy atom. The quantitative estimate of drug-likeness (QED) is 0.923. The standard InChI is InChI=1S/C18H25N3O2/c1-12(2)21-13(3)20-16-9-14(6-7-17(16)21)10-18(22)19-11-15-5-4-8-23-15/h6-7,9,12,15H,4-5,8,10-11H2,1-3H3,(H,19,22). The summed E-state index contributed by atoms with van der Waals surface area (Å²) >= 11 is 0. The van der Waals surface area contributed by atoms with Gasteiger partial charge in [0.2, 0.25) is 5.91 Å². The average molecular weight is 315 g/mol. The number of nitrogens with zero attached hydrogens (tertiary/aromatic N) is 2. The number of benzene rings is 1. The van der Waals surface area contributed by atoms with Crippen molar-refractivity contribution in [2.75, 3.05) is 13.2 Å². The molecular formula is C18H25N3O2. The third-order valence-electron chi connectivity index (χ3n) is 4.36. The molecule has 5 nitrogen and oxygen atoms in total. The molecular weight excluding hydrogens is 290 g/mol. The first-order valence-electron chi connectivity index (χ1n) is 8.40. The van der Waals surface area contributed by atoms with Crippen molar-refractivity contribution in [3.63, 3.8) is 0 Å². The normalized spacial score (nSPS) is 18.0. The SMILES string of the molecule is Cc1nc2cc(CC(=O)NCC3CCCO3)ccc2n1C(C)C. The molecule has 124 valence electrons. The summed E-state index contributed by atoms with van der Waals surface area (Å²) in [6.07, 6.45) is 2.70. The molecule has 0 aliphatic carbocycles. The number of amides is 1. The monoisotopic (exact) mass is 315 g/mol. The topological polar surface area (TPSA) is 56.1 Å². The number of nitrogens with one attached hydrogen (secondary N) is 1. The molecule has 0 bridgehead atoms. The van der Waals surface area contributed by atoms with Crippen LogP contribution in [0.3, 0.4) is 0 Å². The number of carbonyl (C=O) groups is 1. The molecule has 5 heteroatoms. The maximum Gasteiger partial charge on any atom is 0.224 e. The van der Waals surface area contributed by atoms with Crippen molar-refractivity contribution >= 4 is 16.9 Å². The number of rotatable bonds is 5. The van der Waals surface area contributed by atoms with Crippen molar-refractivity contribution in [3.8, 4) is 0 Å². The second kappa shape index (κ2) is 6.71. The highest BCUT2D eigenvalue weighted by Gasteiger charge is 2.16. The first kappa shape index (κ1) is 16.0. The second-order valence-electron chi connectivity index (χ2n) is 6.56. The molecule has 1 unspecified atom stereocenters. The van der Waals surface area contributed by atoms with E-state index in [0.717, 1.165) is 41.9 Å². The lowest BCUT2D eigenvalue weighted by molar-refractivity contribution is -0.120. The second-order valence-corrected chi connectivity index (χ2v) is 6.56. The minimum absolute atomic E-state index is 0.0415.